The summed E-state index contributed by atoms with van der Waals surface area (Å²) in [6, 6.07) is 0. The first kappa shape index (κ1) is 50.0. The Bertz CT molecular complexity index is 1280. The zero-order valence-electron chi connectivity index (χ0n) is 32.1. The van der Waals surface area contributed by atoms with Crippen LogP contribution in [-0.2, 0) is 41.9 Å². The average molecular weight is 954 g/mol. The molecular weight excluding hydrogens is 898 g/mol. The smallest absolute Gasteiger partial charge is 0.480 e. The number of rotatable bonds is 16. The third-order valence-electron chi connectivity index (χ3n) is 9.54. The predicted octanol–water partition coefficient (Wildman–Crippen LogP) is -3.57. The largest absolute Gasteiger partial charge is 3.00 e. The molecule has 0 bridgehead atoms. The van der Waals surface area contributed by atoms with Crippen LogP contribution in [0, 0.1) is 39.9 Å². The fraction of sp³-hybridized carbons (Fsp3) is 0.706. The average Bonchev–Trinajstić information content (AvgIpc) is 3.10. The maximum absolute atomic E-state index is 11.6. The van der Waals surface area contributed by atoms with E-state index in [0.29, 0.717) is 129 Å². The summed E-state index contributed by atoms with van der Waals surface area (Å²) >= 11 is 0. The van der Waals surface area contributed by atoms with Gasteiger partial charge >= 0.3 is 75.8 Å². The van der Waals surface area contributed by atoms with Gasteiger partial charge in [0.1, 0.15) is 0 Å². The summed E-state index contributed by atoms with van der Waals surface area (Å²) in [5.74, 6) is -6.09. The van der Waals surface area contributed by atoms with Gasteiger partial charge in [-0.25, -0.2) is 0 Å². The molecule has 1 aromatic rings. The van der Waals surface area contributed by atoms with Gasteiger partial charge in [0, 0.05) is 118 Å². The van der Waals surface area contributed by atoms with Crippen LogP contribution in [0.1, 0.15) is 11.4 Å². The van der Waals surface area contributed by atoms with E-state index in [1.54, 1.807) is 41.8 Å². The summed E-state index contributed by atoms with van der Waals surface area (Å²) in [7, 11) is 0. The van der Waals surface area contributed by atoms with Crippen molar-refractivity contribution >= 4 is 35.8 Å². The maximum Gasteiger partial charge on any atom is 3.00 e. The molecule has 0 atom stereocenters. The molecule has 22 nitrogen and oxygen atoms in total. The van der Waals surface area contributed by atoms with Crippen LogP contribution in [0.15, 0.2) is 12.4 Å². The minimum Gasteiger partial charge on any atom is -0.480 e. The molecular formula is C34H56GdN10O12+3. The molecule has 1 radical (unpaired) electrons. The van der Waals surface area contributed by atoms with Gasteiger partial charge in [0.2, 0.25) is 0 Å². The van der Waals surface area contributed by atoms with Crippen LogP contribution in [0.5, 0.6) is 0 Å². The molecule has 2 aliphatic rings. The summed E-state index contributed by atoms with van der Waals surface area (Å²) in [5.41, 5.74) is 1.26. The number of nitrogens with zero attached hydrogens (tertiary/aromatic N) is 10. The first-order chi connectivity index (χ1) is 26.6. The second-order valence-electron chi connectivity index (χ2n) is 14.1. The first-order valence-electron chi connectivity index (χ1n) is 18.5. The van der Waals surface area contributed by atoms with Crippen molar-refractivity contribution in [2.75, 3.05) is 144 Å². The van der Waals surface area contributed by atoms with Crippen molar-refractivity contribution in [2.24, 2.45) is 0 Å². The predicted molar refractivity (Wildman–Crippen MR) is 197 cm³/mol. The van der Waals surface area contributed by atoms with Crippen molar-refractivity contribution in [1.29, 1.82) is 0 Å². The van der Waals surface area contributed by atoms with Gasteiger partial charge in [-0.1, -0.05) is 0 Å². The first-order valence-corrected chi connectivity index (χ1v) is 18.5. The van der Waals surface area contributed by atoms with Crippen LogP contribution in [0.4, 0.5) is 0 Å². The Morgan fingerprint density at radius 2 is 0.509 bits per heavy atom. The van der Waals surface area contributed by atoms with Crippen molar-refractivity contribution in [1.82, 2.24) is 49.2 Å². The Balaban J connectivity index is 0.0000112. The van der Waals surface area contributed by atoms with E-state index in [4.69, 9.17) is 0 Å². The molecule has 2 saturated heterocycles. The molecule has 57 heavy (non-hydrogen) atoms. The molecule has 2 fully saturated rings. The molecule has 0 amide bonds. The summed E-state index contributed by atoms with van der Waals surface area (Å²) in [4.78, 5) is 93.2. The van der Waals surface area contributed by atoms with Crippen LogP contribution in [0.25, 0.3) is 0 Å². The van der Waals surface area contributed by atoms with E-state index in [-0.39, 0.29) is 79.2 Å². The molecule has 0 aliphatic carbocycles. The minimum atomic E-state index is -1.03. The quantitative estimate of drug-likeness (QED) is 0.0935. The van der Waals surface area contributed by atoms with Gasteiger partial charge in [0.15, 0.2) is 0 Å². The molecule has 3 rings (SSSR count). The summed E-state index contributed by atoms with van der Waals surface area (Å²) in [5, 5.41) is 56.8. The van der Waals surface area contributed by atoms with E-state index in [1.165, 1.54) is 0 Å². The number of aromatic nitrogens is 2. The Morgan fingerprint density at radius 3 is 0.649 bits per heavy atom. The SMILES string of the molecule is O=C(O)CN1CCN(CC(=O)O)CCN(Cc2cnc(CN3CCN(CC(=O)O)CCN(CC(=O)O)CCN(CC(=O)O)CC3)cn2)CCN(CC(=O)O)CC1.[Gd+3]. The van der Waals surface area contributed by atoms with E-state index in [1.807, 2.05) is 9.80 Å². The molecule has 3 heterocycles. The van der Waals surface area contributed by atoms with Crippen molar-refractivity contribution in [3.05, 3.63) is 23.8 Å². The fourth-order valence-electron chi connectivity index (χ4n) is 6.57. The number of hydrogen-bond donors (Lipinski definition) is 6. The van der Waals surface area contributed by atoms with Crippen LogP contribution < -0.4 is 0 Å². The molecule has 6 N–H and O–H groups in total. The van der Waals surface area contributed by atoms with E-state index < -0.39 is 35.8 Å². The van der Waals surface area contributed by atoms with Crippen molar-refractivity contribution < 1.29 is 99.3 Å². The number of carboxylic acids is 6. The Hall–Kier alpha value is -3.10. The van der Waals surface area contributed by atoms with Crippen LogP contribution in [0.3, 0.4) is 0 Å². The van der Waals surface area contributed by atoms with Gasteiger partial charge in [-0.3, -0.25) is 77.9 Å². The Labute approximate surface area is 363 Å². The van der Waals surface area contributed by atoms with E-state index in [9.17, 15) is 59.4 Å². The number of hydrogen-bond acceptors (Lipinski definition) is 16. The molecule has 23 heteroatoms. The number of carbonyl (C=O) groups is 6. The van der Waals surface area contributed by atoms with Gasteiger partial charge in [0.25, 0.3) is 0 Å². The van der Waals surface area contributed by atoms with Gasteiger partial charge in [-0.2, -0.15) is 0 Å². The Kier molecular flexibility index (Phi) is 23.5. The van der Waals surface area contributed by atoms with Gasteiger partial charge in [0.05, 0.1) is 63.1 Å². The minimum absolute atomic E-state index is 0. The van der Waals surface area contributed by atoms with Crippen LogP contribution in [0.2, 0.25) is 0 Å². The monoisotopic (exact) mass is 954 g/mol. The van der Waals surface area contributed by atoms with Crippen molar-refractivity contribution in [3.8, 4) is 0 Å². The van der Waals surface area contributed by atoms with Crippen molar-refractivity contribution in [3.63, 3.8) is 0 Å². The molecule has 0 saturated carbocycles. The van der Waals surface area contributed by atoms with Crippen LogP contribution >= 0.6 is 0 Å². The second-order valence-corrected chi connectivity index (χ2v) is 14.1. The molecule has 0 aromatic carbocycles. The molecule has 1 aromatic heterocycles. The Morgan fingerprint density at radius 1 is 0.351 bits per heavy atom. The van der Waals surface area contributed by atoms with Crippen molar-refractivity contribution in [2.45, 2.75) is 13.1 Å². The third kappa shape index (κ3) is 22.0. The van der Waals surface area contributed by atoms with E-state index >= 15 is 0 Å². The second kappa shape index (κ2) is 26.8. The zero-order valence-corrected chi connectivity index (χ0v) is 34.4. The normalized spacial score (nSPS) is 19.5. The summed E-state index contributed by atoms with van der Waals surface area (Å²) in [6.07, 6.45) is 3.28. The third-order valence-corrected chi connectivity index (χ3v) is 9.54. The number of aliphatic carboxylic acids is 6. The van der Waals surface area contributed by atoms with E-state index in [0.717, 1.165) is 0 Å². The van der Waals surface area contributed by atoms with E-state index in [2.05, 4.69) is 9.97 Å². The zero-order chi connectivity index (χ0) is 41.0. The van der Waals surface area contributed by atoms with Crippen LogP contribution in [-0.4, -0.2) is 260 Å². The summed E-state index contributed by atoms with van der Waals surface area (Å²) in [6.45, 7) is 4.87. The van der Waals surface area contributed by atoms with Gasteiger partial charge in [-0.15, -0.1) is 0 Å². The molecule has 0 spiro atoms. The maximum atomic E-state index is 11.6. The topological polar surface area (TPSA) is 276 Å². The number of carboxylic acid groups (broad SMARTS) is 6. The molecule has 2 aliphatic heterocycles. The van der Waals surface area contributed by atoms with Gasteiger partial charge in [-0.05, 0) is 0 Å². The standard InChI is InChI=1S/C34H56N10O12.Gd/c45-29(46)21-39-5-1-37(2-6-40(22-30(47)48)10-14-43(13-9-39)25-33(53)54)19-27-17-36-28(18-35-27)20-38-3-7-41(23-31(49)50)11-15-44(26-34(55)56)16-12-42(8-4-38)24-32(51)52;/h17-18H,1-16,19-26H2,(H,45,46)(H,47,48)(H,49,50)(H,51,52)(H,53,54)(H,55,56);/q;+3. The van der Waals surface area contributed by atoms with Gasteiger partial charge < -0.3 is 30.6 Å². The molecule has 0 unspecified atom stereocenters. The fourth-order valence-corrected chi connectivity index (χ4v) is 6.57. The molecule has 319 valence electrons. The summed E-state index contributed by atoms with van der Waals surface area (Å²) < 4.78 is 0.